The third-order valence-corrected chi connectivity index (χ3v) is 3.41. The van der Waals surface area contributed by atoms with Crippen LogP contribution in [0.5, 0.6) is 0 Å². The van der Waals surface area contributed by atoms with Gasteiger partial charge < -0.3 is 0 Å². The van der Waals surface area contributed by atoms with Gasteiger partial charge in [0.25, 0.3) is 5.65 Å². The summed E-state index contributed by atoms with van der Waals surface area (Å²) in [4.78, 5) is 22.4. The summed E-state index contributed by atoms with van der Waals surface area (Å²) >= 11 is 11.5. The minimum Gasteiger partial charge on any atom is -0.224 e. The summed E-state index contributed by atoms with van der Waals surface area (Å²) < 4.78 is 0. The molecular formula is C16H20Cl2N14. The highest BCUT2D eigenvalue weighted by Crippen LogP contribution is 2.18. The molecule has 4 aromatic rings. The molecular weight excluding hydrogens is 459 g/mol. The van der Waals surface area contributed by atoms with Gasteiger partial charge >= 0.3 is 0 Å². The summed E-state index contributed by atoms with van der Waals surface area (Å²) in [7, 11) is 0. The molecule has 0 unspecified atom stereocenters. The number of azide groups is 2. The lowest BCUT2D eigenvalue weighted by Crippen LogP contribution is -1.90. The van der Waals surface area contributed by atoms with Crippen LogP contribution in [0.25, 0.3) is 43.0 Å². The van der Waals surface area contributed by atoms with Gasteiger partial charge in [-0.1, -0.05) is 83.5 Å². The number of rotatable bonds is 2. The van der Waals surface area contributed by atoms with E-state index in [2.05, 4.69) is 78.1 Å². The van der Waals surface area contributed by atoms with E-state index < -0.39 is 0 Å². The molecule has 4 rings (SSSR count). The van der Waals surface area contributed by atoms with Crippen LogP contribution in [-0.2, 0) is 0 Å². The number of aromatic nitrogens is 8. The van der Waals surface area contributed by atoms with Gasteiger partial charge in [-0.3, -0.25) is 0 Å². The molecule has 0 amide bonds. The Labute approximate surface area is 192 Å². The number of fused-ring (bicyclic) bond motifs is 2. The number of halogens is 2. The van der Waals surface area contributed by atoms with Crippen molar-refractivity contribution >= 4 is 45.3 Å². The minimum atomic E-state index is 0.282. The minimum absolute atomic E-state index is 0.282. The summed E-state index contributed by atoms with van der Waals surface area (Å²) in [5.74, 6) is 0. The van der Waals surface area contributed by atoms with Crippen molar-refractivity contribution in [3.05, 3.63) is 56.2 Å². The quantitative estimate of drug-likeness (QED) is 0.148. The normalized spacial score (nSPS) is 9.19. The van der Waals surface area contributed by atoms with E-state index in [0.29, 0.717) is 22.1 Å². The van der Waals surface area contributed by atoms with Crippen LogP contribution in [0.1, 0.15) is 40.5 Å². The van der Waals surface area contributed by atoms with Crippen molar-refractivity contribution in [2.45, 2.75) is 40.5 Å². The summed E-state index contributed by atoms with van der Waals surface area (Å²) in [5, 5.41) is 15.8. The fourth-order valence-corrected chi connectivity index (χ4v) is 2.14. The summed E-state index contributed by atoms with van der Waals surface area (Å²) in [5.41, 5.74) is 17.1. The first-order chi connectivity index (χ1) is 15.5. The van der Waals surface area contributed by atoms with Crippen LogP contribution in [-0.4, -0.2) is 39.7 Å². The highest BCUT2D eigenvalue weighted by atomic mass is 35.5. The highest BCUT2D eigenvalue weighted by Gasteiger charge is 2.10. The van der Waals surface area contributed by atoms with E-state index in [1.165, 1.54) is 37.9 Å². The lowest BCUT2D eigenvalue weighted by atomic mass is 10.4. The van der Waals surface area contributed by atoms with Gasteiger partial charge in [-0.25, -0.2) is 15.0 Å². The molecule has 0 aliphatic carbocycles. The maximum absolute atomic E-state index is 8.19. The summed E-state index contributed by atoms with van der Waals surface area (Å²) in [6.07, 6.45) is 7.96. The Balaban J connectivity index is 0.000000258. The van der Waals surface area contributed by atoms with Crippen molar-refractivity contribution in [3.8, 4) is 0 Å². The van der Waals surface area contributed by atoms with E-state index in [-0.39, 0.29) is 10.3 Å². The van der Waals surface area contributed by atoms with Crippen molar-refractivity contribution in [2.75, 3.05) is 0 Å². The molecule has 0 atom stereocenters. The van der Waals surface area contributed by atoms with Gasteiger partial charge in [0.15, 0.2) is 0 Å². The second kappa shape index (κ2) is 14.3. The third kappa shape index (κ3) is 7.52. The van der Waals surface area contributed by atoms with E-state index >= 15 is 0 Å². The number of nitrogens with zero attached hydrogens (tertiary/aromatic N) is 14. The Morgan fingerprint density at radius 2 is 1.44 bits per heavy atom. The summed E-state index contributed by atoms with van der Waals surface area (Å²) in [6.45, 7) is 8.50. The van der Waals surface area contributed by atoms with E-state index in [4.69, 9.17) is 34.3 Å². The zero-order valence-electron chi connectivity index (χ0n) is 17.7. The SMILES string of the molecule is CCC.CCC.[N-]=[N+]=Nn1cc2c(Cl)ncnc2n1.[N-]=[N+]=Nn1ncc2c(Cl)ncnc21. The molecule has 168 valence electrons. The highest BCUT2D eigenvalue weighted by molar-refractivity contribution is 6.34. The maximum atomic E-state index is 8.19. The summed E-state index contributed by atoms with van der Waals surface area (Å²) in [6, 6.07) is 0. The fourth-order valence-electron chi connectivity index (χ4n) is 1.79. The molecule has 0 spiro atoms. The lowest BCUT2D eigenvalue weighted by molar-refractivity contribution is 0.737. The maximum Gasteiger partial charge on any atom is 0.265 e. The second-order valence-corrected chi connectivity index (χ2v) is 6.38. The Kier molecular flexibility index (Phi) is 11.8. The molecule has 4 heterocycles. The molecule has 16 heteroatoms. The lowest BCUT2D eigenvalue weighted by Gasteiger charge is -1.87. The van der Waals surface area contributed by atoms with Crippen molar-refractivity contribution < 1.29 is 0 Å². The average molecular weight is 479 g/mol. The largest absolute Gasteiger partial charge is 0.265 e. The average Bonchev–Trinajstić information content (AvgIpc) is 3.36. The molecule has 0 saturated heterocycles. The van der Waals surface area contributed by atoms with Gasteiger partial charge in [0.2, 0.25) is 5.65 Å². The molecule has 0 aromatic carbocycles. The van der Waals surface area contributed by atoms with Crippen LogP contribution >= 0.6 is 23.2 Å². The molecule has 0 bridgehead atoms. The van der Waals surface area contributed by atoms with Crippen LogP contribution < -0.4 is 0 Å². The Morgan fingerprint density at radius 3 is 2.00 bits per heavy atom. The van der Waals surface area contributed by atoms with Gasteiger partial charge in [0.1, 0.15) is 39.9 Å². The first-order valence-corrected chi connectivity index (χ1v) is 10.0. The third-order valence-electron chi connectivity index (χ3n) is 2.81. The fraction of sp³-hybridized carbons (Fsp3) is 0.375. The van der Waals surface area contributed by atoms with Crippen LogP contribution in [0.3, 0.4) is 0 Å². The van der Waals surface area contributed by atoms with Crippen LogP contribution in [0.2, 0.25) is 10.3 Å². The first-order valence-electron chi connectivity index (χ1n) is 9.27. The van der Waals surface area contributed by atoms with Gasteiger partial charge in [-0.15, -0.1) is 11.1 Å². The molecule has 0 fully saturated rings. The number of hydrogen-bond acceptors (Lipinski definition) is 8. The second-order valence-electron chi connectivity index (χ2n) is 5.66. The monoisotopic (exact) mass is 478 g/mol. The molecule has 0 N–H and O–H groups in total. The van der Waals surface area contributed by atoms with E-state index in [0.717, 1.165) is 9.58 Å². The van der Waals surface area contributed by atoms with E-state index in [1.807, 2.05) is 0 Å². The van der Waals surface area contributed by atoms with Gasteiger partial charge in [0.05, 0.1) is 6.20 Å². The van der Waals surface area contributed by atoms with Crippen LogP contribution in [0.4, 0.5) is 0 Å². The van der Waals surface area contributed by atoms with Crippen molar-refractivity contribution in [1.82, 2.24) is 39.7 Å². The molecule has 0 aliphatic rings. The zero-order chi connectivity index (χ0) is 23.9. The Morgan fingerprint density at radius 1 is 0.875 bits per heavy atom. The van der Waals surface area contributed by atoms with Crippen molar-refractivity contribution in [1.29, 1.82) is 0 Å². The van der Waals surface area contributed by atoms with Gasteiger partial charge in [-0.05, 0) is 0 Å². The van der Waals surface area contributed by atoms with E-state index in [1.54, 1.807) is 0 Å². The van der Waals surface area contributed by atoms with Crippen molar-refractivity contribution in [3.63, 3.8) is 0 Å². The molecule has 32 heavy (non-hydrogen) atoms. The number of hydrogen-bond donors (Lipinski definition) is 0. The smallest absolute Gasteiger partial charge is 0.224 e. The molecule has 4 aromatic heterocycles. The van der Waals surface area contributed by atoms with Crippen molar-refractivity contribution in [2.24, 2.45) is 10.4 Å². The first kappa shape index (κ1) is 26.3. The molecule has 0 saturated carbocycles. The Hall–Kier alpha value is -3.70. The molecule has 14 nitrogen and oxygen atoms in total. The van der Waals surface area contributed by atoms with Crippen LogP contribution in [0.15, 0.2) is 35.5 Å². The standard InChI is InChI=1S/2C5H2ClN7.2C3H8/c6-4-3-1-13(12-11-7)10-5(3)9-2-8-4;6-4-3-1-10-13(12-11-7)5(3)9-2-8-4;2*1-3-2/h2*1-2H;2*3H2,1-2H3. The van der Waals surface area contributed by atoms with Gasteiger partial charge in [0, 0.05) is 10.4 Å². The molecule has 0 aliphatic heterocycles. The van der Waals surface area contributed by atoms with Gasteiger partial charge in [-0.2, -0.15) is 14.8 Å². The zero-order valence-corrected chi connectivity index (χ0v) is 19.3. The predicted molar refractivity (Wildman–Crippen MR) is 122 cm³/mol. The van der Waals surface area contributed by atoms with E-state index in [9.17, 15) is 0 Å². The molecule has 0 radical (unpaired) electrons. The Bertz CT molecular complexity index is 1210. The van der Waals surface area contributed by atoms with Crippen LogP contribution in [0, 0.1) is 0 Å². The predicted octanol–water partition coefficient (Wildman–Crippen LogP) is 5.94. The topological polar surface area (TPSA) is 185 Å².